The average Bonchev–Trinajstić information content (AvgIpc) is 2.88. The normalized spacial score (nSPS) is 17.0. The summed E-state index contributed by atoms with van der Waals surface area (Å²) in [6, 6.07) is 11.6. The van der Waals surface area contributed by atoms with Gasteiger partial charge in [-0.05, 0) is 31.7 Å². The number of rotatable bonds is 4. The molecule has 130 valence electrons. The lowest BCUT2D eigenvalue weighted by molar-refractivity contribution is 0.444. The van der Waals surface area contributed by atoms with E-state index in [2.05, 4.69) is 11.4 Å². The minimum absolute atomic E-state index is 0.295. The lowest BCUT2D eigenvalue weighted by Crippen LogP contribution is -2.18. The quantitative estimate of drug-likeness (QED) is 0.889. The Morgan fingerprint density at radius 2 is 1.96 bits per heavy atom. The molecule has 3 rings (SSSR count). The van der Waals surface area contributed by atoms with Crippen molar-refractivity contribution in [2.24, 2.45) is 0 Å². The van der Waals surface area contributed by atoms with E-state index in [9.17, 15) is 8.78 Å². The fourth-order valence-electron chi connectivity index (χ4n) is 3.09. The van der Waals surface area contributed by atoms with Crippen molar-refractivity contribution in [2.45, 2.75) is 13.5 Å². The molecule has 0 aromatic heterocycles. The number of hydrogen-bond acceptors (Lipinski definition) is 3. The van der Waals surface area contributed by atoms with E-state index in [0.717, 1.165) is 22.8 Å². The third-order valence-corrected chi connectivity index (χ3v) is 4.27. The van der Waals surface area contributed by atoms with Crippen LogP contribution in [0.1, 0.15) is 16.7 Å². The van der Waals surface area contributed by atoms with Gasteiger partial charge in [-0.15, -0.1) is 0 Å². The number of aryl methyl sites for hydroxylation is 1. The molecule has 1 heterocycles. The first kappa shape index (κ1) is 17.3. The lowest BCUT2D eigenvalue weighted by Gasteiger charge is -2.16. The lowest BCUT2D eigenvalue weighted by atomic mass is 10.0. The van der Waals surface area contributed by atoms with Crippen LogP contribution in [0.5, 0.6) is 0 Å². The van der Waals surface area contributed by atoms with E-state index in [1.165, 1.54) is 12.1 Å². The van der Waals surface area contributed by atoms with Crippen LogP contribution in [0.25, 0.3) is 5.70 Å². The van der Waals surface area contributed by atoms with E-state index < -0.39 is 11.6 Å². The van der Waals surface area contributed by atoms with Crippen LogP contribution in [0.15, 0.2) is 48.0 Å². The zero-order chi connectivity index (χ0) is 18.0. The molecule has 2 N–H and O–H groups in total. The summed E-state index contributed by atoms with van der Waals surface area (Å²) in [5.41, 5.74) is 4.28. The predicted octanol–water partition coefficient (Wildman–Crippen LogP) is 3.74. The summed E-state index contributed by atoms with van der Waals surface area (Å²) in [5.74, 6) is -1.23. The van der Waals surface area contributed by atoms with Crippen LogP contribution in [0, 0.1) is 24.0 Å². The van der Waals surface area contributed by atoms with Gasteiger partial charge >= 0.3 is 0 Å². The molecule has 2 aromatic rings. The van der Waals surface area contributed by atoms with Gasteiger partial charge in [0.2, 0.25) is 0 Å². The molecule has 1 fully saturated rings. The maximum Gasteiger partial charge on any atom is 0.135 e. The molecule has 3 nitrogen and oxygen atoms in total. The van der Waals surface area contributed by atoms with Crippen molar-refractivity contribution in [3.63, 3.8) is 0 Å². The van der Waals surface area contributed by atoms with Crippen molar-refractivity contribution in [2.75, 3.05) is 20.1 Å². The number of likely N-dealkylation sites (N-methyl/N-ethyl adjacent to an activating group) is 1. The van der Waals surface area contributed by atoms with Gasteiger partial charge in [-0.3, -0.25) is 4.90 Å². The SMILES string of the molecule is Cc1cccc(CN/C(=C2/CN(C)CC2=N)c2ccc(F)cc2F)c1. The third-order valence-electron chi connectivity index (χ3n) is 4.27. The molecule has 0 radical (unpaired) electrons. The zero-order valence-corrected chi connectivity index (χ0v) is 14.4. The maximum absolute atomic E-state index is 14.4. The van der Waals surface area contributed by atoms with Crippen molar-refractivity contribution >= 4 is 11.4 Å². The highest BCUT2D eigenvalue weighted by Gasteiger charge is 2.24. The highest BCUT2D eigenvalue weighted by Crippen LogP contribution is 2.25. The topological polar surface area (TPSA) is 39.1 Å². The molecule has 1 aliphatic rings. The number of likely N-dealkylation sites (tertiary alicyclic amines) is 1. The molecule has 0 spiro atoms. The van der Waals surface area contributed by atoms with E-state index in [1.54, 1.807) is 0 Å². The van der Waals surface area contributed by atoms with E-state index in [4.69, 9.17) is 5.41 Å². The Kier molecular flexibility index (Phi) is 4.95. The minimum atomic E-state index is -0.624. The highest BCUT2D eigenvalue weighted by atomic mass is 19.1. The van der Waals surface area contributed by atoms with Crippen molar-refractivity contribution in [3.05, 3.63) is 76.4 Å². The summed E-state index contributed by atoms with van der Waals surface area (Å²) in [6.07, 6.45) is 0. The number of benzene rings is 2. The molecule has 0 bridgehead atoms. The van der Waals surface area contributed by atoms with Crippen LogP contribution in [0.2, 0.25) is 0 Å². The van der Waals surface area contributed by atoms with Crippen molar-refractivity contribution in [1.29, 1.82) is 5.41 Å². The van der Waals surface area contributed by atoms with Gasteiger partial charge in [0.15, 0.2) is 0 Å². The Balaban J connectivity index is 1.98. The second kappa shape index (κ2) is 7.15. The van der Waals surface area contributed by atoms with Gasteiger partial charge in [0.25, 0.3) is 0 Å². The summed E-state index contributed by atoms with van der Waals surface area (Å²) in [7, 11) is 1.92. The molecule has 25 heavy (non-hydrogen) atoms. The van der Waals surface area contributed by atoms with Crippen LogP contribution in [-0.2, 0) is 6.54 Å². The van der Waals surface area contributed by atoms with Crippen molar-refractivity contribution in [1.82, 2.24) is 10.2 Å². The fourth-order valence-corrected chi connectivity index (χ4v) is 3.09. The number of nitrogens with zero attached hydrogens (tertiary/aromatic N) is 1. The third kappa shape index (κ3) is 3.94. The van der Waals surface area contributed by atoms with Crippen LogP contribution >= 0.6 is 0 Å². The second-order valence-corrected chi connectivity index (χ2v) is 6.47. The van der Waals surface area contributed by atoms with Crippen molar-refractivity contribution in [3.8, 4) is 0 Å². The Morgan fingerprint density at radius 1 is 1.16 bits per heavy atom. The van der Waals surface area contributed by atoms with E-state index >= 15 is 0 Å². The zero-order valence-electron chi connectivity index (χ0n) is 14.4. The predicted molar refractivity (Wildman–Crippen MR) is 96.5 cm³/mol. The molecular weight excluding hydrogens is 320 g/mol. The first-order valence-electron chi connectivity index (χ1n) is 8.18. The first-order chi connectivity index (χ1) is 11.9. The van der Waals surface area contributed by atoms with Gasteiger partial charge in [0.1, 0.15) is 11.6 Å². The Labute approximate surface area is 146 Å². The molecule has 0 unspecified atom stereocenters. The Hall–Kier alpha value is -2.53. The van der Waals surface area contributed by atoms with Gasteiger partial charge < -0.3 is 10.7 Å². The molecule has 0 saturated carbocycles. The largest absolute Gasteiger partial charge is 0.380 e. The molecule has 5 heteroatoms. The summed E-state index contributed by atoms with van der Waals surface area (Å²) in [5, 5.41) is 11.5. The van der Waals surface area contributed by atoms with E-state index in [1.807, 2.05) is 37.1 Å². The molecule has 1 aliphatic heterocycles. The standard InChI is InChI=1S/C20H21F2N3/c1-13-4-3-5-14(8-13)10-24-20(17-11-25(2)12-19(17)23)16-7-6-15(21)9-18(16)22/h3-9,23-24H,10-12H2,1-2H3/b20-17-,23-19?. The molecule has 1 saturated heterocycles. The summed E-state index contributed by atoms with van der Waals surface area (Å²) in [4.78, 5) is 1.99. The molecule has 0 atom stereocenters. The number of hydrogen-bond donors (Lipinski definition) is 2. The highest BCUT2D eigenvalue weighted by molar-refractivity contribution is 6.07. The monoisotopic (exact) mass is 341 g/mol. The van der Waals surface area contributed by atoms with Gasteiger partial charge in [-0.1, -0.05) is 29.8 Å². The minimum Gasteiger partial charge on any atom is -0.380 e. The smallest absolute Gasteiger partial charge is 0.135 e. The van der Waals surface area contributed by atoms with Gasteiger partial charge in [-0.2, -0.15) is 0 Å². The Morgan fingerprint density at radius 3 is 2.60 bits per heavy atom. The maximum atomic E-state index is 14.4. The van der Waals surface area contributed by atoms with Crippen molar-refractivity contribution < 1.29 is 8.78 Å². The van der Waals surface area contributed by atoms with Crippen LogP contribution in [0.3, 0.4) is 0 Å². The van der Waals surface area contributed by atoms with Gasteiger partial charge in [0.05, 0.1) is 11.4 Å². The fraction of sp³-hybridized carbons (Fsp3) is 0.250. The van der Waals surface area contributed by atoms with E-state index in [-0.39, 0.29) is 0 Å². The number of halogens is 2. The summed E-state index contributed by atoms with van der Waals surface area (Å²) >= 11 is 0. The number of nitrogens with one attached hydrogen (secondary N) is 2. The molecule has 0 aliphatic carbocycles. The summed E-state index contributed by atoms with van der Waals surface area (Å²) in [6.45, 7) is 3.61. The van der Waals surface area contributed by atoms with Gasteiger partial charge in [0, 0.05) is 36.8 Å². The summed E-state index contributed by atoms with van der Waals surface area (Å²) < 4.78 is 27.7. The average molecular weight is 341 g/mol. The molecule has 0 amide bonds. The first-order valence-corrected chi connectivity index (χ1v) is 8.18. The molecule has 2 aromatic carbocycles. The van der Waals surface area contributed by atoms with Crippen LogP contribution in [0.4, 0.5) is 8.78 Å². The van der Waals surface area contributed by atoms with Gasteiger partial charge in [-0.25, -0.2) is 8.78 Å². The van der Waals surface area contributed by atoms with Crippen LogP contribution in [-0.4, -0.2) is 30.7 Å². The second-order valence-electron chi connectivity index (χ2n) is 6.47. The van der Waals surface area contributed by atoms with Crippen LogP contribution < -0.4 is 5.32 Å². The van der Waals surface area contributed by atoms with E-state index in [0.29, 0.717) is 36.6 Å². The molecular formula is C20H21F2N3. The Bertz CT molecular complexity index is 843.